The maximum absolute atomic E-state index is 12.2. The van der Waals surface area contributed by atoms with Crippen LogP contribution in [0, 0.1) is 5.92 Å². The van der Waals surface area contributed by atoms with Crippen molar-refractivity contribution in [3.8, 4) is 22.8 Å². The maximum Gasteiger partial charge on any atom is 0.192 e. The monoisotopic (exact) mass is 590 g/mol. The van der Waals surface area contributed by atoms with Crippen molar-refractivity contribution >= 4 is 31.5 Å². The Labute approximate surface area is 248 Å². The van der Waals surface area contributed by atoms with Crippen molar-refractivity contribution < 1.29 is 18.7 Å². The highest BCUT2D eigenvalue weighted by molar-refractivity contribution is 6.74. The van der Waals surface area contributed by atoms with E-state index < -0.39 is 8.32 Å². The first-order valence-corrected chi connectivity index (χ1v) is 17.3. The van der Waals surface area contributed by atoms with Crippen molar-refractivity contribution in [2.24, 2.45) is 13.0 Å². The minimum absolute atomic E-state index is 0.0550. The van der Waals surface area contributed by atoms with Crippen molar-refractivity contribution in [1.29, 1.82) is 0 Å². The van der Waals surface area contributed by atoms with Gasteiger partial charge in [-0.05, 0) is 49.2 Å². The Morgan fingerprint density at radius 3 is 2.55 bits per heavy atom. The lowest BCUT2D eigenvalue weighted by Gasteiger charge is -2.39. The van der Waals surface area contributed by atoms with Crippen LogP contribution in [0.1, 0.15) is 45.2 Å². The van der Waals surface area contributed by atoms with Gasteiger partial charge in [-0.25, -0.2) is 9.97 Å². The van der Waals surface area contributed by atoms with Crippen LogP contribution >= 0.6 is 0 Å². The van der Waals surface area contributed by atoms with E-state index in [4.69, 9.17) is 24.0 Å². The molecule has 0 spiro atoms. The molecule has 10 nitrogen and oxygen atoms in total. The zero-order valence-corrected chi connectivity index (χ0v) is 26.8. The van der Waals surface area contributed by atoms with Crippen molar-refractivity contribution in [3.05, 3.63) is 48.5 Å². The van der Waals surface area contributed by atoms with Gasteiger partial charge >= 0.3 is 0 Å². The number of fused-ring (bicyclic) bond motifs is 1. The molecule has 3 unspecified atom stereocenters. The SMILES string of the molecule is COc1ccc(CNc2ncnc3c2c(-c2ccn(C)n2)cn3C2CC(C=O)C(O[Si](C)(C)C(C)(C)C)C2)c(OC)c1. The quantitative estimate of drug-likeness (QED) is 0.177. The average Bonchev–Trinajstić information content (AvgIpc) is 3.67. The fraction of sp³-hybridized carbons (Fsp3) is 0.484. The van der Waals surface area contributed by atoms with E-state index in [0.29, 0.717) is 18.8 Å². The molecule has 3 aromatic heterocycles. The van der Waals surface area contributed by atoms with E-state index in [-0.39, 0.29) is 23.1 Å². The Morgan fingerprint density at radius 1 is 1.12 bits per heavy atom. The first-order valence-electron chi connectivity index (χ1n) is 14.4. The summed E-state index contributed by atoms with van der Waals surface area (Å²) in [6, 6.07) is 7.81. The molecule has 0 saturated heterocycles. The summed E-state index contributed by atoms with van der Waals surface area (Å²) in [7, 11) is 3.13. The van der Waals surface area contributed by atoms with Gasteiger partial charge < -0.3 is 28.6 Å². The Hall–Kier alpha value is -3.70. The molecule has 4 aromatic rings. The lowest BCUT2D eigenvalue weighted by atomic mass is 10.1. The summed E-state index contributed by atoms with van der Waals surface area (Å²) in [5.74, 6) is 2.00. The van der Waals surface area contributed by atoms with E-state index in [1.165, 1.54) is 0 Å². The number of hydrogen-bond donors (Lipinski definition) is 1. The standard InChI is InChI=1S/C31H42N6O4Si/c1-31(2,3)42(7,8)41-27-14-22(13-21(27)18-38)37-17-24(25-11-12-36(4)35-25)28-29(33-19-34-30(28)37)32-16-20-9-10-23(39-5)15-26(20)40-6/h9-12,15,17-19,21-22,27H,13-14,16H2,1-8H3,(H,32,33,34). The third kappa shape index (κ3) is 5.67. The minimum atomic E-state index is -2.06. The van der Waals surface area contributed by atoms with Gasteiger partial charge in [0, 0.05) is 55.1 Å². The molecule has 1 aromatic carbocycles. The summed E-state index contributed by atoms with van der Waals surface area (Å²) in [5.41, 5.74) is 3.54. The van der Waals surface area contributed by atoms with Gasteiger partial charge in [-0.15, -0.1) is 0 Å². The number of ether oxygens (including phenoxy) is 2. The number of aromatic nitrogens is 5. The van der Waals surface area contributed by atoms with E-state index in [1.54, 1.807) is 25.2 Å². The molecule has 3 atom stereocenters. The highest BCUT2D eigenvalue weighted by Gasteiger charge is 2.44. The van der Waals surface area contributed by atoms with Gasteiger partial charge in [0.2, 0.25) is 0 Å². The third-order valence-corrected chi connectivity index (χ3v) is 13.4. The Morgan fingerprint density at radius 2 is 1.90 bits per heavy atom. The molecule has 0 bridgehead atoms. The fourth-order valence-corrected chi connectivity index (χ4v) is 6.87. The van der Waals surface area contributed by atoms with E-state index in [9.17, 15) is 4.79 Å². The second-order valence-corrected chi connectivity index (χ2v) is 17.4. The number of nitrogens with one attached hydrogen (secondary N) is 1. The number of rotatable bonds is 10. The van der Waals surface area contributed by atoms with Crippen molar-refractivity contribution in [1.82, 2.24) is 24.3 Å². The number of methoxy groups -OCH3 is 2. The van der Waals surface area contributed by atoms with Crippen molar-refractivity contribution in [3.63, 3.8) is 0 Å². The van der Waals surface area contributed by atoms with Gasteiger partial charge in [0.1, 0.15) is 35.6 Å². The number of benzene rings is 1. The second kappa shape index (κ2) is 11.5. The van der Waals surface area contributed by atoms with Crippen molar-refractivity contribution in [2.75, 3.05) is 19.5 Å². The molecule has 1 fully saturated rings. The highest BCUT2D eigenvalue weighted by atomic mass is 28.4. The maximum atomic E-state index is 12.2. The number of carbonyl (C=O) groups excluding carboxylic acids is 1. The summed E-state index contributed by atoms with van der Waals surface area (Å²) in [6.07, 6.45) is 8.03. The first-order chi connectivity index (χ1) is 20.0. The number of nitrogens with zero attached hydrogens (tertiary/aromatic N) is 5. The van der Waals surface area contributed by atoms with Crippen LogP contribution in [-0.2, 0) is 22.8 Å². The zero-order chi connectivity index (χ0) is 30.2. The molecule has 224 valence electrons. The molecule has 1 aliphatic rings. The van der Waals surface area contributed by atoms with Gasteiger partial charge in [-0.2, -0.15) is 5.10 Å². The van der Waals surface area contributed by atoms with E-state index >= 15 is 0 Å². The normalized spacial score (nSPS) is 19.3. The summed E-state index contributed by atoms with van der Waals surface area (Å²) in [5, 5.41) is 9.18. The largest absolute Gasteiger partial charge is 0.497 e. The molecule has 3 heterocycles. The van der Waals surface area contributed by atoms with Crippen LogP contribution in [0.5, 0.6) is 11.5 Å². The predicted molar refractivity (Wildman–Crippen MR) is 166 cm³/mol. The van der Waals surface area contributed by atoms with Crippen LogP contribution < -0.4 is 14.8 Å². The van der Waals surface area contributed by atoms with Gasteiger partial charge in [0.15, 0.2) is 8.32 Å². The van der Waals surface area contributed by atoms with Gasteiger partial charge in [-0.3, -0.25) is 4.68 Å². The highest BCUT2D eigenvalue weighted by Crippen LogP contribution is 2.45. The van der Waals surface area contributed by atoms with Gasteiger partial charge in [0.05, 0.1) is 31.4 Å². The molecule has 1 saturated carbocycles. The average molecular weight is 591 g/mol. The lowest BCUT2D eigenvalue weighted by Crippen LogP contribution is -2.45. The Bertz CT molecular complexity index is 1570. The topological polar surface area (TPSA) is 105 Å². The number of aryl methyl sites for hydroxylation is 1. The summed E-state index contributed by atoms with van der Waals surface area (Å²) >= 11 is 0. The van der Waals surface area contributed by atoms with Gasteiger partial charge in [-0.1, -0.05) is 20.8 Å². The zero-order valence-electron chi connectivity index (χ0n) is 25.8. The molecule has 0 radical (unpaired) electrons. The van der Waals surface area contributed by atoms with Crippen LogP contribution in [0.2, 0.25) is 18.1 Å². The molecular formula is C31H42N6O4Si. The number of aldehydes is 1. The molecule has 5 rings (SSSR count). The number of hydrogen-bond acceptors (Lipinski definition) is 8. The summed E-state index contributed by atoms with van der Waals surface area (Å²) in [6.45, 7) is 11.7. The molecule has 1 N–H and O–H groups in total. The van der Waals surface area contributed by atoms with E-state index in [2.05, 4.69) is 54.9 Å². The van der Waals surface area contributed by atoms with Crippen LogP contribution in [0.25, 0.3) is 22.3 Å². The molecule has 1 aliphatic carbocycles. The fourth-order valence-electron chi connectivity index (χ4n) is 5.49. The Kier molecular flexibility index (Phi) is 8.17. The van der Waals surface area contributed by atoms with Crippen molar-refractivity contribution in [2.45, 2.75) is 70.4 Å². The summed E-state index contributed by atoms with van der Waals surface area (Å²) in [4.78, 5) is 21.7. The third-order valence-electron chi connectivity index (χ3n) is 8.89. The predicted octanol–water partition coefficient (Wildman–Crippen LogP) is 6.00. The van der Waals surface area contributed by atoms with Crippen LogP contribution in [-0.4, -0.2) is 59.2 Å². The second-order valence-electron chi connectivity index (χ2n) is 12.6. The molecular weight excluding hydrogens is 548 g/mol. The first kappa shape index (κ1) is 29.8. The number of anilines is 1. The van der Waals surface area contributed by atoms with Crippen LogP contribution in [0.4, 0.5) is 5.82 Å². The molecule has 0 amide bonds. The molecule has 11 heteroatoms. The van der Waals surface area contributed by atoms with Gasteiger partial charge in [0.25, 0.3) is 0 Å². The smallest absolute Gasteiger partial charge is 0.192 e. The lowest BCUT2D eigenvalue weighted by molar-refractivity contribution is -0.113. The number of carbonyl (C=O) groups is 1. The Balaban J connectivity index is 1.52. The van der Waals surface area contributed by atoms with E-state index in [0.717, 1.165) is 52.1 Å². The van der Waals surface area contributed by atoms with Crippen LogP contribution in [0.3, 0.4) is 0 Å². The van der Waals surface area contributed by atoms with Crippen LogP contribution in [0.15, 0.2) is 43.0 Å². The molecule has 42 heavy (non-hydrogen) atoms. The minimum Gasteiger partial charge on any atom is -0.497 e. The van der Waals surface area contributed by atoms with E-state index in [1.807, 2.05) is 37.5 Å². The molecule has 0 aliphatic heterocycles. The summed E-state index contributed by atoms with van der Waals surface area (Å²) < 4.78 is 21.7.